The number of hydrogen-bond acceptors (Lipinski definition) is 2. The third-order valence-corrected chi connectivity index (χ3v) is 8.58. The van der Waals surface area contributed by atoms with Crippen LogP contribution < -0.4 is 0 Å². The zero-order valence-corrected chi connectivity index (χ0v) is 17.4. The molecule has 0 saturated carbocycles. The van der Waals surface area contributed by atoms with Crippen LogP contribution >= 0.6 is 21.6 Å². The number of rotatable bonds is 1. The van der Waals surface area contributed by atoms with Gasteiger partial charge in [0.15, 0.2) is 0 Å². The summed E-state index contributed by atoms with van der Waals surface area (Å²) in [5.74, 6) is 0. The van der Waals surface area contributed by atoms with E-state index in [0.717, 1.165) is 6.42 Å². The second kappa shape index (κ2) is 5.48. The maximum Gasteiger partial charge on any atom is 0.0720 e. The molecular formula is C20H32S2. The molecule has 0 nitrogen and oxygen atoms in total. The zero-order valence-electron chi connectivity index (χ0n) is 15.8. The van der Waals surface area contributed by atoms with Crippen molar-refractivity contribution in [3.8, 4) is 0 Å². The van der Waals surface area contributed by atoms with Crippen LogP contribution in [0.1, 0.15) is 68.7 Å². The van der Waals surface area contributed by atoms with Crippen molar-refractivity contribution in [1.82, 2.24) is 0 Å². The molecule has 0 aromatic rings. The highest BCUT2D eigenvalue weighted by Crippen LogP contribution is 2.64. The molecule has 0 bridgehead atoms. The molecule has 0 aromatic carbocycles. The van der Waals surface area contributed by atoms with Gasteiger partial charge in [-0.05, 0) is 33.1 Å². The molecule has 22 heavy (non-hydrogen) atoms. The molecule has 1 aliphatic heterocycles. The number of allylic oxidation sites excluding steroid dienone is 4. The molecule has 0 aromatic heterocycles. The first-order valence-electron chi connectivity index (χ1n) is 8.27. The minimum Gasteiger partial charge on any atom is -0.0730 e. The van der Waals surface area contributed by atoms with Gasteiger partial charge in [0.1, 0.15) is 0 Å². The van der Waals surface area contributed by atoms with E-state index in [1.165, 1.54) is 4.91 Å². The molecule has 0 fully saturated rings. The minimum atomic E-state index is 0.115. The molecule has 0 N–H and O–H groups in total. The van der Waals surface area contributed by atoms with E-state index in [2.05, 4.69) is 91.3 Å². The van der Waals surface area contributed by atoms with Crippen LogP contribution in [0.15, 0.2) is 34.3 Å². The van der Waals surface area contributed by atoms with Gasteiger partial charge in [0, 0.05) is 0 Å². The fraction of sp³-hybridized carbons (Fsp3) is 0.700. The van der Waals surface area contributed by atoms with Gasteiger partial charge in [-0.25, -0.2) is 0 Å². The summed E-state index contributed by atoms with van der Waals surface area (Å²) in [4.78, 5) is 1.53. The van der Waals surface area contributed by atoms with Gasteiger partial charge in [0.25, 0.3) is 0 Å². The smallest absolute Gasteiger partial charge is 0.0720 e. The van der Waals surface area contributed by atoms with Crippen LogP contribution in [0.4, 0.5) is 0 Å². The Morgan fingerprint density at radius 1 is 0.864 bits per heavy atom. The summed E-state index contributed by atoms with van der Waals surface area (Å²) in [6.45, 7) is 21.1. The maximum atomic E-state index is 2.58. The van der Waals surface area contributed by atoms with E-state index in [0.29, 0.717) is 0 Å². The Morgan fingerprint density at radius 3 is 1.82 bits per heavy atom. The van der Waals surface area contributed by atoms with Crippen molar-refractivity contribution < 1.29 is 0 Å². The summed E-state index contributed by atoms with van der Waals surface area (Å²) in [5, 5.41) is 0. The van der Waals surface area contributed by atoms with Crippen molar-refractivity contribution in [2.75, 3.05) is 0 Å². The van der Waals surface area contributed by atoms with E-state index >= 15 is 0 Å². The molecule has 1 aliphatic carbocycles. The Labute approximate surface area is 145 Å². The summed E-state index contributed by atoms with van der Waals surface area (Å²) in [7, 11) is 4.06. The van der Waals surface area contributed by atoms with Gasteiger partial charge >= 0.3 is 0 Å². The molecule has 0 saturated heterocycles. The van der Waals surface area contributed by atoms with E-state index < -0.39 is 0 Å². The monoisotopic (exact) mass is 336 g/mol. The summed E-state index contributed by atoms with van der Waals surface area (Å²) < 4.78 is 0.115. The highest BCUT2D eigenvalue weighted by molar-refractivity contribution is 8.79. The lowest BCUT2D eigenvalue weighted by Gasteiger charge is -2.41. The SMILES string of the molecule is CC(C)(C)C1=CC=C(C2(C(C)(C)C)C=C(C(C)(C)C)SS2)C1. The van der Waals surface area contributed by atoms with Gasteiger partial charge in [-0.15, -0.1) is 0 Å². The summed E-state index contributed by atoms with van der Waals surface area (Å²) in [5.41, 5.74) is 3.87. The zero-order chi connectivity index (χ0) is 17.0. The van der Waals surface area contributed by atoms with Gasteiger partial charge in [-0.2, -0.15) is 0 Å². The van der Waals surface area contributed by atoms with Crippen LogP contribution in [0.3, 0.4) is 0 Å². The van der Waals surface area contributed by atoms with E-state index in [1.54, 1.807) is 11.1 Å². The van der Waals surface area contributed by atoms with Gasteiger partial charge in [-0.1, -0.05) is 108 Å². The molecular weight excluding hydrogens is 304 g/mol. The predicted molar refractivity (Wildman–Crippen MR) is 105 cm³/mol. The second-order valence-corrected chi connectivity index (χ2v) is 12.1. The number of hydrogen-bond donors (Lipinski definition) is 0. The normalized spacial score (nSPS) is 26.9. The predicted octanol–water partition coefficient (Wildman–Crippen LogP) is 7.40. The minimum absolute atomic E-state index is 0.115. The molecule has 2 heteroatoms. The molecule has 0 radical (unpaired) electrons. The molecule has 1 atom stereocenters. The van der Waals surface area contributed by atoms with Crippen molar-refractivity contribution in [1.29, 1.82) is 0 Å². The lowest BCUT2D eigenvalue weighted by atomic mass is 9.72. The average molecular weight is 337 g/mol. The molecule has 0 spiro atoms. The van der Waals surface area contributed by atoms with E-state index in [4.69, 9.17) is 0 Å². The van der Waals surface area contributed by atoms with Crippen molar-refractivity contribution in [2.45, 2.75) is 73.5 Å². The Morgan fingerprint density at radius 2 is 1.45 bits per heavy atom. The largest absolute Gasteiger partial charge is 0.0730 e. The fourth-order valence-corrected chi connectivity index (χ4v) is 7.16. The van der Waals surface area contributed by atoms with Crippen molar-refractivity contribution in [3.05, 3.63) is 34.3 Å². The molecule has 1 unspecified atom stereocenters. The Bertz CT molecular complexity index is 542. The lowest BCUT2D eigenvalue weighted by Crippen LogP contribution is -2.38. The van der Waals surface area contributed by atoms with E-state index in [-0.39, 0.29) is 21.0 Å². The highest BCUT2D eigenvalue weighted by atomic mass is 33.1. The Hall–Kier alpha value is -0.0800. The molecule has 2 aliphatic rings. The van der Waals surface area contributed by atoms with Crippen LogP contribution in [-0.4, -0.2) is 4.75 Å². The standard InChI is InChI=1S/C20H32S2/c1-17(2,3)14-10-11-15(12-14)20(19(7,8)9)13-16(21-22-20)18(4,5)6/h10-11,13H,12H2,1-9H3. The van der Waals surface area contributed by atoms with Gasteiger partial charge in [0.2, 0.25) is 0 Å². The average Bonchev–Trinajstić information content (AvgIpc) is 2.93. The third kappa shape index (κ3) is 3.24. The van der Waals surface area contributed by atoms with Crippen LogP contribution in [0, 0.1) is 16.2 Å². The van der Waals surface area contributed by atoms with E-state index in [1.807, 2.05) is 10.8 Å². The van der Waals surface area contributed by atoms with Crippen molar-refractivity contribution in [2.24, 2.45) is 16.2 Å². The highest BCUT2D eigenvalue weighted by Gasteiger charge is 2.49. The first-order valence-corrected chi connectivity index (χ1v) is 10.4. The summed E-state index contributed by atoms with van der Waals surface area (Å²) >= 11 is 0. The quantitative estimate of drug-likeness (QED) is 0.457. The first kappa shape index (κ1) is 18.3. The summed E-state index contributed by atoms with van der Waals surface area (Å²) in [6, 6.07) is 0. The van der Waals surface area contributed by atoms with Crippen LogP contribution in [0.25, 0.3) is 0 Å². The lowest BCUT2D eigenvalue weighted by molar-refractivity contribution is 0.356. The van der Waals surface area contributed by atoms with E-state index in [9.17, 15) is 0 Å². The first-order chi connectivity index (χ1) is 9.77. The van der Waals surface area contributed by atoms with Gasteiger partial charge in [-0.3, -0.25) is 0 Å². The van der Waals surface area contributed by atoms with Gasteiger partial charge in [0.05, 0.1) is 4.75 Å². The Balaban J connectivity index is 2.39. The van der Waals surface area contributed by atoms with Crippen LogP contribution in [-0.2, 0) is 0 Å². The summed E-state index contributed by atoms with van der Waals surface area (Å²) in [6.07, 6.45) is 8.48. The van der Waals surface area contributed by atoms with Crippen molar-refractivity contribution >= 4 is 21.6 Å². The molecule has 124 valence electrons. The molecule has 2 rings (SSSR count). The molecule has 0 amide bonds. The third-order valence-electron chi connectivity index (χ3n) is 4.76. The van der Waals surface area contributed by atoms with Crippen LogP contribution in [0.5, 0.6) is 0 Å². The maximum absolute atomic E-state index is 2.58. The van der Waals surface area contributed by atoms with Gasteiger partial charge < -0.3 is 0 Å². The topological polar surface area (TPSA) is 0 Å². The van der Waals surface area contributed by atoms with Crippen molar-refractivity contribution in [3.63, 3.8) is 0 Å². The Kier molecular flexibility index (Phi) is 4.55. The second-order valence-electron chi connectivity index (χ2n) is 9.72. The van der Waals surface area contributed by atoms with Crippen LogP contribution in [0.2, 0.25) is 0 Å². The fourth-order valence-electron chi connectivity index (χ4n) is 2.95. The molecule has 1 heterocycles.